The summed E-state index contributed by atoms with van der Waals surface area (Å²) in [6.45, 7) is 4.12. The van der Waals surface area contributed by atoms with E-state index in [1.807, 2.05) is 43.3 Å². The van der Waals surface area contributed by atoms with Crippen molar-refractivity contribution in [3.8, 4) is 11.5 Å². The number of carbonyl (C=O) groups is 2. The Kier molecular flexibility index (Phi) is 7.31. The number of anilines is 1. The lowest BCUT2D eigenvalue weighted by Gasteiger charge is -2.38. The van der Waals surface area contributed by atoms with Crippen molar-refractivity contribution in [3.05, 3.63) is 53.1 Å². The highest BCUT2D eigenvalue weighted by atomic mass is 35.5. The molecular formula is C24H30ClN3O4. The second-order valence-corrected chi connectivity index (χ2v) is 8.92. The monoisotopic (exact) mass is 459 g/mol. The Morgan fingerprint density at radius 2 is 1.91 bits per heavy atom. The van der Waals surface area contributed by atoms with E-state index < -0.39 is 5.60 Å². The minimum atomic E-state index is -1.01. The highest BCUT2D eigenvalue weighted by Gasteiger charge is 2.40. The van der Waals surface area contributed by atoms with Crippen LogP contribution in [0.15, 0.2) is 42.5 Å². The number of fused-ring (bicyclic) bond motifs is 1. The minimum Gasteiger partial charge on any atom is -0.497 e. The van der Waals surface area contributed by atoms with Gasteiger partial charge in [0.05, 0.1) is 18.8 Å². The molecule has 0 saturated heterocycles. The second-order valence-electron chi connectivity index (χ2n) is 8.49. The van der Waals surface area contributed by atoms with Gasteiger partial charge in [0, 0.05) is 24.5 Å². The first-order valence-corrected chi connectivity index (χ1v) is 10.9. The molecule has 2 aromatic rings. The predicted octanol–water partition coefficient (Wildman–Crippen LogP) is 3.66. The van der Waals surface area contributed by atoms with E-state index in [0.717, 1.165) is 11.3 Å². The first-order valence-electron chi connectivity index (χ1n) is 10.5. The lowest BCUT2D eigenvalue weighted by Crippen LogP contribution is -2.53. The van der Waals surface area contributed by atoms with Gasteiger partial charge in [-0.25, -0.2) is 0 Å². The Labute approximate surface area is 194 Å². The van der Waals surface area contributed by atoms with Gasteiger partial charge in [0.2, 0.25) is 5.91 Å². The van der Waals surface area contributed by atoms with Crippen LogP contribution in [0.5, 0.6) is 11.5 Å². The van der Waals surface area contributed by atoms with Crippen LogP contribution in [0.3, 0.4) is 0 Å². The molecule has 0 spiro atoms. The molecule has 0 fully saturated rings. The largest absolute Gasteiger partial charge is 0.497 e. The molecule has 2 aromatic carbocycles. The van der Waals surface area contributed by atoms with Gasteiger partial charge in [0.15, 0.2) is 5.60 Å². The Morgan fingerprint density at radius 1 is 1.22 bits per heavy atom. The van der Waals surface area contributed by atoms with Gasteiger partial charge in [-0.05, 0) is 63.8 Å². The third-order valence-electron chi connectivity index (χ3n) is 5.52. The minimum absolute atomic E-state index is 0.00772. The molecule has 172 valence electrons. The van der Waals surface area contributed by atoms with Crippen LogP contribution in [0.4, 0.5) is 5.69 Å². The molecule has 8 heteroatoms. The molecule has 1 aliphatic rings. The van der Waals surface area contributed by atoms with Crippen molar-refractivity contribution in [2.75, 3.05) is 39.2 Å². The van der Waals surface area contributed by atoms with Crippen LogP contribution in [0.25, 0.3) is 0 Å². The number of halogens is 1. The molecule has 7 nitrogen and oxygen atoms in total. The first-order chi connectivity index (χ1) is 15.1. The number of benzene rings is 2. The molecule has 0 radical (unpaired) electrons. The van der Waals surface area contributed by atoms with Crippen molar-refractivity contribution in [3.63, 3.8) is 0 Å². The van der Waals surface area contributed by atoms with Crippen LogP contribution in [0.2, 0.25) is 5.02 Å². The third kappa shape index (κ3) is 5.34. The van der Waals surface area contributed by atoms with Crippen LogP contribution in [-0.2, 0) is 9.59 Å². The molecule has 0 saturated carbocycles. The van der Waals surface area contributed by atoms with E-state index in [4.69, 9.17) is 21.1 Å². The van der Waals surface area contributed by atoms with E-state index in [1.165, 1.54) is 0 Å². The molecule has 0 aromatic heterocycles. The van der Waals surface area contributed by atoms with Crippen LogP contribution in [0, 0.1) is 0 Å². The van der Waals surface area contributed by atoms with Gasteiger partial charge in [-0.1, -0.05) is 23.7 Å². The number of amides is 2. The lowest BCUT2D eigenvalue weighted by atomic mass is 10.0. The molecule has 3 rings (SSSR count). The van der Waals surface area contributed by atoms with E-state index in [0.29, 0.717) is 23.0 Å². The fourth-order valence-corrected chi connectivity index (χ4v) is 3.87. The number of ether oxygens (including phenoxy) is 2. The smallest absolute Gasteiger partial charge is 0.270 e. The summed E-state index contributed by atoms with van der Waals surface area (Å²) in [7, 11) is 5.57. The van der Waals surface area contributed by atoms with Crippen LogP contribution in [0.1, 0.15) is 31.9 Å². The van der Waals surface area contributed by atoms with Gasteiger partial charge in [-0.15, -0.1) is 0 Å². The van der Waals surface area contributed by atoms with Gasteiger partial charge < -0.3 is 24.6 Å². The van der Waals surface area contributed by atoms with Crippen LogP contribution >= 0.6 is 11.6 Å². The summed E-state index contributed by atoms with van der Waals surface area (Å²) in [4.78, 5) is 29.2. The zero-order chi connectivity index (χ0) is 23.5. The molecule has 1 aliphatic heterocycles. The fraction of sp³-hybridized carbons (Fsp3) is 0.417. The van der Waals surface area contributed by atoms with Crippen LogP contribution in [-0.4, -0.2) is 56.6 Å². The Bertz CT molecular complexity index is 976. The van der Waals surface area contributed by atoms with E-state index >= 15 is 0 Å². The maximum atomic E-state index is 12.9. The highest BCUT2D eigenvalue weighted by molar-refractivity contribution is 6.31. The summed E-state index contributed by atoms with van der Waals surface area (Å²) in [5.74, 6) is 1.02. The highest BCUT2D eigenvalue weighted by Crippen LogP contribution is 2.39. The number of rotatable bonds is 8. The molecule has 0 bridgehead atoms. The lowest BCUT2D eigenvalue weighted by molar-refractivity contribution is -0.132. The maximum Gasteiger partial charge on any atom is 0.270 e. The number of hydrogen-bond donors (Lipinski definition) is 1. The Balaban J connectivity index is 1.64. The van der Waals surface area contributed by atoms with E-state index in [-0.39, 0.29) is 30.8 Å². The topological polar surface area (TPSA) is 71.1 Å². The van der Waals surface area contributed by atoms with Gasteiger partial charge in [-0.3, -0.25) is 9.59 Å². The van der Waals surface area contributed by atoms with Gasteiger partial charge in [-0.2, -0.15) is 0 Å². The number of carbonyl (C=O) groups excluding carboxylic acids is 2. The molecule has 1 N–H and O–H groups in total. The summed E-state index contributed by atoms with van der Waals surface area (Å²) < 4.78 is 11.0. The Morgan fingerprint density at radius 3 is 2.53 bits per heavy atom. The third-order valence-corrected chi connectivity index (χ3v) is 5.75. The number of nitrogens with zero attached hydrogens (tertiary/aromatic N) is 2. The van der Waals surface area contributed by atoms with Crippen molar-refractivity contribution in [1.29, 1.82) is 0 Å². The second kappa shape index (κ2) is 9.79. The summed E-state index contributed by atoms with van der Waals surface area (Å²) >= 11 is 6.13. The average Bonchev–Trinajstić information content (AvgIpc) is 2.75. The zero-order valence-corrected chi connectivity index (χ0v) is 19.9. The first kappa shape index (κ1) is 23.9. The van der Waals surface area contributed by atoms with Crippen molar-refractivity contribution in [1.82, 2.24) is 10.2 Å². The summed E-state index contributed by atoms with van der Waals surface area (Å²) in [5, 5.41) is 3.50. The summed E-state index contributed by atoms with van der Waals surface area (Å²) in [6, 6.07) is 13.0. The van der Waals surface area contributed by atoms with Crippen LogP contribution < -0.4 is 19.7 Å². The SMILES string of the molecule is COc1ccc(C(CNC(=O)CCN2C(=O)C(C)(C)Oc3ccc(Cl)cc32)N(C)C)cc1. The molecule has 32 heavy (non-hydrogen) atoms. The van der Waals surface area contributed by atoms with Gasteiger partial charge >= 0.3 is 0 Å². The molecule has 1 heterocycles. The molecule has 2 amide bonds. The maximum absolute atomic E-state index is 12.9. The van der Waals surface area contributed by atoms with Crippen molar-refractivity contribution in [2.24, 2.45) is 0 Å². The number of likely N-dealkylation sites (N-methyl/N-ethyl adjacent to an activating group) is 1. The van der Waals surface area contributed by atoms with Gasteiger partial charge in [0.1, 0.15) is 11.5 Å². The molecule has 1 unspecified atom stereocenters. The van der Waals surface area contributed by atoms with Crippen molar-refractivity contribution >= 4 is 29.1 Å². The number of methoxy groups -OCH3 is 1. The number of hydrogen-bond acceptors (Lipinski definition) is 5. The summed E-state index contributed by atoms with van der Waals surface area (Å²) in [6.07, 6.45) is 0.163. The standard InChI is InChI=1S/C24H30ClN3O4/c1-24(2)23(30)28(19-14-17(25)8-11-21(19)32-24)13-12-22(29)26-15-20(27(3)4)16-6-9-18(31-5)10-7-16/h6-11,14,20H,12-13,15H2,1-5H3,(H,26,29). The average molecular weight is 460 g/mol. The van der Waals surface area contributed by atoms with Gasteiger partial charge in [0.25, 0.3) is 5.91 Å². The van der Waals surface area contributed by atoms with Crippen molar-refractivity contribution < 1.29 is 19.1 Å². The molecular weight excluding hydrogens is 430 g/mol. The predicted molar refractivity (Wildman–Crippen MR) is 126 cm³/mol. The normalized spacial score (nSPS) is 15.7. The number of nitrogens with one attached hydrogen (secondary N) is 1. The zero-order valence-electron chi connectivity index (χ0n) is 19.1. The fourth-order valence-electron chi connectivity index (χ4n) is 3.70. The van der Waals surface area contributed by atoms with E-state index in [2.05, 4.69) is 5.32 Å². The van der Waals surface area contributed by atoms with Crippen molar-refractivity contribution in [2.45, 2.75) is 31.9 Å². The molecule has 1 atom stereocenters. The summed E-state index contributed by atoms with van der Waals surface area (Å²) in [5.41, 5.74) is 0.644. The molecule has 0 aliphatic carbocycles. The Hall–Kier alpha value is -2.77. The quantitative estimate of drug-likeness (QED) is 0.652. The van der Waals surface area contributed by atoms with E-state index in [9.17, 15) is 9.59 Å². The van der Waals surface area contributed by atoms with E-state index in [1.54, 1.807) is 44.1 Å².